The van der Waals surface area contributed by atoms with Crippen LogP contribution in [-0.2, 0) is 0 Å². The molecular formula is C6H4FI2NO. The smallest absolute Gasteiger partial charge is 0.229 e. The topological polar surface area (TPSA) is 22.1 Å². The van der Waals surface area contributed by atoms with Crippen LogP contribution in [0.1, 0.15) is 0 Å². The van der Waals surface area contributed by atoms with Gasteiger partial charge in [-0.15, -0.1) is 0 Å². The van der Waals surface area contributed by atoms with E-state index in [1.807, 2.05) is 45.2 Å². The molecule has 0 radical (unpaired) electrons. The Kier molecular flexibility index (Phi) is 3.29. The van der Waals surface area contributed by atoms with Gasteiger partial charge < -0.3 is 4.74 Å². The van der Waals surface area contributed by atoms with Crippen molar-refractivity contribution in [2.24, 2.45) is 0 Å². The fraction of sp³-hybridized carbons (Fsp3) is 0.167. The number of hydrogen-bond acceptors (Lipinski definition) is 2. The van der Waals surface area contributed by atoms with Crippen molar-refractivity contribution in [2.45, 2.75) is 0 Å². The molecule has 0 aromatic carbocycles. The summed E-state index contributed by atoms with van der Waals surface area (Å²) >= 11 is 3.93. The second-order valence-electron chi connectivity index (χ2n) is 1.75. The lowest BCUT2D eigenvalue weighted by atomic mass is 10.5. The molecule has 0 aliphatic rings. The predicted molar refractivity (Wildman–Crippen MR) is 56.2 cm³/mol. The number of hydrogen-bond donors (Lipinski definition) is 0. The van der Waals surface area contributed by atoms with Crippen LogP contribution in [0.25, 0.3) is 0 Å². The Hall–Kier alpha value is 0.340. The molecule has 1 rings (SSSR count). The number of rotatable bonds is 1. The second-order valence-corrected chi connectivity index (χ2v) is 4.08. The summed E-state index contributed by atoms with van der Waals surface area (Å²) in [7, 11) is 1.47. The van der Waals surface area contributed by atoms with Crippen LogP contribution >= 0.6 is 45.2 Å². The van der Waals surface area contributed by atoms with Crippen LogP contribution in [0.2, 0.25) is 0 Å². The van der Waals surface area contributed by atoms with Crippen molar-refractivity contribution in [1.82, 2.24) is 4.98 Å². The van der Waals surface area contributed by atoms with E-state index in [2.05, 4.69) is 4.98 Å². The highest BCUT2D eigenvalue weighted by Gasteiger charge is 2.07. The van der Waals surface area contributed by atoms with Gasteiger partial charge in [-0.3, -0.25) is 0 Å². The summed E-state index contributed by atoms with van der Waals surface area (Å²) in [6.45, 7) is 0. The van der Waals surface area contributed by atoms with E-state index in [1.165, 1.54) is 7.11 Å². The zero-order chi connectivity index (χ0) is 8.43. The quantitative estimate of drug-likeness (QED) is 0.553. The third-order valence-electron chi connectivity index (χ3n) is 1.05. The molecule has 0 aliphatic heterocycles. The van der Waals surface area contributed by atoms with E-state index in [0.29, 0.717) is 9.45 Å². The standard InChI is InChI=1S/C6H4FI2NO/c1-11-6-4(9)2-3(8)5(7)10-6/h2H,1H3. The molecule has 2 nitrogen and oxygen atoms in total. The van der Waals surface area contributed by atoms with Gasteiger partial charge in [0.15, 0.2) is 0 Å². The van der Waals surface area contributed by atoms with Crippen LogP contribution in [0, 0.1) is 13.1 Å². The van der Waals surface area contributed by atoms with Crippen LogP contribution < -0.4 is 4.74 Å². The highest BCUT2D eigenvalue weighted by molar-refractivity contribution is 14.1. The summed E-state index contributed by atoms with van der Waals surface area (Å²) < 4.78 is 18.9. The summed E-state index contributed by atoms with van der Waals surface area (Å²) in [5, 5.41) is 0. The molecule has 1 aromatic rings. The minimum Gasteiger partial charge on any atom is -0.480 e. The van der Waals surface area contributed by atoms with Crippen LogP contribution in [-0.4, -0.2) is 12.1 Å². The monoisotopic (exact) mass is 379 g/mol. The van der Waals surface area contributed by atoms with Gasteiger partial charge in [-0.25, -0.2) is 0 Å². The van der Waals surface area contributed by atoms with E-state index >= 15 is 0 Å². The summed E-state index contributed by atoms with van der Waals surface area (Å²) in [4.78, 5) is 3.59. The van der Waals surface area contributed by atoms with Gasteiger partial charge in [-0.05, 0) is 51.2 Å². The molecule has 1 aromatic heterocycles. The lowest BCUT2D eigenvalue weighted by Gasteiger charge is -2.01. The van der Waals surface area contributed by atoms with Crippen LogP contribution in [0.5, 0.6) is 5.88 Å². The molecule has 5 heteroatoms. The molecule has 0 unspecified atom stereocenters. The third kappa shape index (κ3) is 2.14. The van der Waals surface area contributed by atoms with Crippen molar-refractivity contribution in [3.05, 3.63) is 19.2 Å². The molecule has 0 bridgehead atoms. The van der Waals surface area contributed by atoms with Crippen molar-refractivity contribution in [3.63, 3.8) is 0 Å². The maximum absolute atomic E-state index is 12.7. The van der Waals surface area contributed by atoms with Crippen molar-refractivity contribution < 1.29 is 9.13 Å². The van der Waals surface area contributed by atoms with Crippen molar-refractivity contribution in [1.29, 1.82) is 0 Å². The van der Waals surface area contributed by atoms with E-state index in [9.17, 15) is 4.39 Å². The van der Waals surface area contributed by atoms with Crippen molar-refractivity contribution >= 4 is 45.2 Å². The Morgan fingerprint density at radius 1 is 1.45 bits per heavy atom. The van der Waals surface area contributed by atoms with Crippen molar-refractivity contribution in [2.75, 3.05) is 7.11 Å². The first-order chi connectivity index (χ1) is 5.15. The van der Waals surface area contributed by atoms with E-state index in [4.69, 9.17) is 4.74 Å². The van der Waals surface area contributed by atoms with E-state index in [-0.39, 0.29) is 0 Å². The molecule has 0 atom stereocenters. The highest BCUT2D eigenvalue weighted by atomic mass is 127. The lowest BCUT2D eigenvalue weighted by Crippen LogP contribution is -1.96. The van der Waals surface area contributed by atoms with Crippen LogP contribution in [0.3, 0.4) is 0 Å². The molecule has 0 saturated carbocycles. The van der Waals surface area contributed by atoms with E-state index < -0.39 is 5.95 Å². The average Bonchev–Trinajstić information content (AvgIpc) is 1.97. The molecule has 0 amide bonds. The summed E-state index contributed by atoms with van der Waals surface area (Å²) in [5.41, 5.74) is 0. The van der Waals surface area contributed by atoms with Gasteiger partial charge in [-0.2, -0.15) is 9.37 Å². The second kappa shape index (κ2) is 3.83. The molecule has 1 heterocycles. The van der Waals surface area contributed by atoms with Crippen LogP contribution in [0.15, 0.2) is 6.07 Å². The lowest BCUT2D eigenvalue weighted by molar-refractivity contribution is 0.383. The third-order valence-corrected chi connectivity index (χ3v) is 2.58. The average molecular weight is 379 g/mol. The number of pyridine rings is 1. The number of nitrogens with zero attached hydrogens (tertiary/aromatic N) is 1. The molecule has 0 spiro atoms. The Morgan fingerprint density at radius 3 is 2.64 bits per heavy atom. The minimum absolute atomic E-state index is 0.337. The molecule has 11 heavy (non-hydrogen) atoms. The SMILES string of the molecule is COc1nc(F)c(I)cc1I. The first-order valence-electron chi connectivity index (χ1n) is 2.70. The normalized spacial score (nSPS) is 9.82. The summed E-state index contributed by atoms with van der Waals surface area (Å²) in [6, 6.07) is 1.68. The van der Waals surface area contributed by atoms with Gasteiger partial charge in [-0.1, -0.05) is 0 Å². The van der Waals surface area contributed by atoms with Gasteiger partial charge in [0.25, 0.3) is 0 Å². The zero-order valence-electron chi connectivity index (χ0n) is 5.57. The fourth-order valence-electron chi connectivity index (χ4n) is 0.572. The number of halogens is 3. The van der Waals surface area contributed by atoms with Crippen molar-refractivity contribution in [3.8, 4) is 5.88 Å². The number of aromatic nitrogens is 1. The molecule has 0 aliphatic carbocycles. The maximum atomic E-state index is 12.7. The minimum atomic E-state index is -0.483. The molecular weight excluding hydrogens is 375 g/mol. The Bertz CT molecular complexity index is 280. The number of ether oxygens (including phenoxy) is 1. The predicted octanol–water partition coefficient (Wildman–Crippen LogP) is 2.44. The highest BCUT2D eigenvalue weighted by Crippen LogP contribution is 2.21. The first kappa shape index (κ1) is 9.43. The Morgan fingerprint density at radius 2 is 2.09 bits per heavy atom. The fourth-order valence-corrected chi connectivity index (χ4v) is 2.25. The molecule has 0 N–H and O–H groups in total. The molecule has 0 saturated heterocycles. The van der Waals surface area contributed by atoms with E-state index in [0.717, 1.165) is 3.57 Å². The summed E-state index contributed by atoms with van der Waals surface area (Å²) in [5.74, 6) is -0.147. The Labute approximate surface area is 90.8 Å². The van der Waals surface area contributed by atoms with E-state index in [1.54, 1.807) is 6.07 Å². The molecule has 60 valence electrons. The largest absolute Gasteiger partial charge is 0.480 e. The van der Waals surface area contributed by atoms with Gasteiger partial charge >= 0.3 is 0 Å². The van der Waals surface area contributed by atoms with Gasteiger partial charge in [0.05, 0.1) is 14.3 Å². The maximum Gasteiger partial charge on any atom is 0.229 e. The van der Waals surface area contributed by atoms with Gasteiger partial charge in [0.2, 0.25) is 11.8 Å². The van der Waals surface area contributed by atoms with Crippen LogP contribution in [0.4, 0.5) is 4.39 Å². The zero-order valence-corrected chi connectivity index (χ0v) is 9.88. The van der Waals surface area contributed by atoms with Gasteiger partial charge in [0.1, 0.15) is 0 Å². The molecule has 0 fully saturated rings. The summed E-state index contributed by atoms with van der Waals surface area (Å²) in [6.07, 6.45) is 0. The van der Waals surface area contributed by atoms with Gasteiger partial charge in [0, 0.05) is 0 Å². The first-order valence-corrected chi connectivity index (χ1v) is 4.86. The number of methoxy groups -OCH3 is 1. The Balaban J connectivity index is 3.21.